The van der Waals surface area contributed by atoms with E-state index in [1.807, 2.05) is 12.1 Å². The van der Waals surface area contributed by atoms with Crippen LogP contribution >= 0.6 is 11.6 Å². The zero-order valence-electron chi connectivity index (χ0n) is 17.9. The Morgan fingerprint density at radius 3 is 2.59 bits per heavy atom. The molecule has 0 bridgehead atoms. The molecule has 8 heteroatoms. The van der Waals surface area contributed by atoms with Gasteiger partial charge in [0.15, 0.2) is 0 Å². The van der Waals surface area contributed by atoms with Crippen LogP contribution in [0.15, 0.2) is 47.0 Å². The second-order valence-electron chi connectivity index (χ2n) is 7.99. The minimum absolute atomic E-state index is 0.0101. The lowest BCUT2D eigenvalue weighted by molar-refractivity contribution is -0.128. The molecule has 1 aliphatic heterocycles. The third-order valence-corrected chi connectivity index (χ3v) is 6.13. The summed E-state index contributed by atoms with van der Waals surface area (Å²) in [5, 5.41) is 7.53. The Labute approximate surface area is 191 Å². The van der Waals surface area contributed by atoms with Gasteiger partial charge in [-0.2, -0.15) is 4.98 Å². The van der Waals surface area contributed by atoms with Crippen LogP contribution in [-0.2, 0) is 11.2 Å². The van der Waals surface area contributed by atoms with E-state index in [0.29, 0.717) is 31.9 Å². The van der Waals surface area contributed by atoms with E-state index in [1.54, 1.807) is 4.90 Å². The second-order valence-corrected chi connectivity index (χ2v) is 8.26. The maximum Gasteiger partial charge on any atom is 0.263 e. The highest BCUT2D eigenvalue weighted by atomic mass is 35.5. The molecule has 1 amide bonds. The Hall–Kier alpha value is -3.19. The van der Waals surface area contributed by atoms with E-state index >= 15 is 0 Å². The summed E-state index contributed by atoms with van der Waals surface area (Å²) in [5.41, 5.74) is 2.20. The number of carbonyl (C=O) groups excluding carboxylic acids is 1. The molecule has 7 nitrogen and oxygen atoms in total. The van der Waals surface area contributed by atoms with Crippen LogP contribution < -0.4 is 4.90 Å². The number of fused-ring (bicyclic) bond motifs is 2. The molecule has 2 aromatic heterocycles. The van der Waals surface area contributed by atoms with E-state index in [2.05, 4.69) is 52.3 Å². The molecular weight excluding hydrogens is 426 g/mol. The summed E-state index contributed by atoms with van der Waals surface area (Å²) >= 11 is 5.74. The molecule has 5 rings (SSSR count). The van der Waals surface area contributed by atoms with Crippen molar-refractivity contribution in [3.05, 3.63) is 48.3 Å². The summed E-state index contributed by atoms with van der Waals surface area (Å²) in [5.74, 6) is 1.54. The molecule has 0 atom stereocenters. The first-order chi connectivity index (χ1) is 15.7. The van der Waals surface area contributed by atoms with Gasteiger partial charge in [0.1, 0.15) is 28.6 Å². The fourth-order valence-electron chi connectivity index (χ4n) is 4.23. The maximum atomic E-state index is 12.0. The first-order valence-electron chi connectivity index (χ1n) is 10.9. The minimum atomic E-state index is -0.0346. The van der Waals surface area contributed by atoms with Gasteiger partial charge in [-0.25, -0.2) is 4.98 Å². The summed E-state index contributed by atoms with van der Waals surface area (Å²) in [7, 11) is 0. The summed E-state index contributed by atoms with van der Waals surface area (Å²) in [4.78, 5) is 25.5. The van der Waals surface area contributed by atoms with Gasteiger partial charge in [-0.15, -0.1) is 11.6 Å². The predicted molar refractivity (Wildman–Crippen MR) is 126 cm³/mol. The standard InChI is InChI=1S/C24H24ClN5O2/c1-2-5-19-26-23(30-12-10-29(11-13-30)20(31)15-25)21-22(28-32-24(21)27-19)18-9-8-16-6-3-4-7-17(16)14-18/h3-4,6-9,14H,2,5,10-13,15H2,1H3. The lowest BCUT2D eigenvalue weighted by Crippen LogP contribution is -2.49. The van der Waals surface area contributed by atoms with Gasteiger partial charge in [-0.3, -0.25) is 4.79 Å². The largest absolute Gasteiger partial charge is 0.352 e. The van der Waals surface area contributed by atoms with Gasteiger partial charge in [-0.05, 0) is 23.3 Å². The average Bonchev–Trinajstić information content (AvgIpc) is 3.27. The van der Waals surface area contributed by atoms with E-state index in [4.69, 9.17) is 21.1 Å². The quantitative estimate of drug-likeness (QED) is 0.423. The molecule has 0 N–H and O–H groups in total. The molecule has 0 radical (unpaired) electrons. The van der Waals surface area contributed by atoms with Gasteiger partial charge in [0.2, 0.25) is 5.91 Å². The molecule has 0 saturated carbocycles. The van der Waals surface area contributed by atoms with E-state index in [-0.39, 0.29) is 11.8 Å². The van der Waals surface area contributed by atoms with Crippen LogP contribution in [-0.4, -0.2) is 58.0 Å². The molecule has 0 spiro atoms. The number of aromatic nitrogens is 3. The lowest BCUT2D eigenvalue weighted by atomic mass is 10.0. The number of halogens is 1. The van der Waals surface area contributed by atoms with Crippen molar-refractivity contribution in [1.82, 2.24) is 20.0 Å². The van der Waals surface area contributed by atoms with Crippen LogP contribution in [0.2, 0.25) is 0 Å². The van der Waals surface area contributed by atoms with Gasteiger partial charge in [-0.1, -0.05) is 48.5 Å². The highest BCUT2D eigenvalue weighted by molar-refractivity contribution is 6.27. The molecule has 4 aromatic rings. The summed E-state index contributed by atoms with van der Waals surface area (Å²) in [6.45, 7) is 4.66. The third kappa shape index (κ3) is 3.77. The molecule has 164 valence electrons. The molecule has 0 unspecified atom stereocenters. The molecule has 32 heavy (non-hydrogen) atoms. The number of hydrogen-bond acceptors (Lipinski definition) is 6. The smallest absolute Gasteiger partial charge is 0.263 e. The summed E-state index contributed by atoms with van der Waals surface area (Å²) in [6, 6.07) is 14.5. The third-order valence-electron chi connectivity index (χ3n) is 5.91. The van der Waals surface area contributed by atoms with E-state index in [1.165, 1.54) is 5.39 Å². The Morgan fingerprint density at radius 2 is 1.84 bits per heavy atom. The molecule has 1 fully saturated rings. The van der Waals surface area contributed by atoms with Gasteiger partial charge in [0.25, 0.3) is 5.71 Å². The molecule has 0 aliphatic carbocycles. The van der Waals surface area contributed by atoms with E-state index in [9.17, 15) is 4.79 Å². The van der Waals surface area contributed by atoms with Crippen LogP contribution in [0.4, 0.5) is 5.82 Å². The highest BCUT2D eigenvalue weighted by Crippen LogP contribution is 2.35. The highest BCUT2D eigenvalue weighted by Gasteiger charge is 2.26. The maximum absolute atomic E-state index is 12.0. The minimum Gasteiger partial charge on any atom is -0.352 e. The number of alkyl halides is 1. The number of anilines is 1. The van der Waals surface area contributed by atoms with Crippen molar-refractivity contribution < 1.29 is 9.32 Å². The number of aryl methyl sites for hydroxylation is 1. The molecule has 1 saturated heterocycles. The Balaban J connectivity index is 1.59. The zero-order chi connectivity index (χ0) is 22.1. The van der Waals surface area contributed by atoms with Crippen molar-refractivity contribution in [3.8, 4) is 11.3 Å². The van der Waals surface area contributed by atoms with Crippen molar-refractivity contribution in [1.29, 1.82) is 0 Å². The van der Waals surface area contributed by atoms with Crippen molar-refractivity contribution in [2.45, 2.75) is 19.8 Å². The van der Waals surface area contributed by atoms with Crippen LogP contribution in [0.1, 0.15) is 19.2 Å². The van der Waals surface area contributed by atoms with Crippen molar-refractivity contribution in [2.24, 2.45) is 0 Å². The SMILES string of the molecule is CCCc1nc(N2CCN(C(=O)CCl)CC2)c2c(-c3ccc4ccccc4c3)noc2n1. The average molecular weight is 450 g/mol. The molecule has 3 heterocycles. The lowest BCUT2D eigenvalue weighted by Gasteiger charge is -2.35. The predicted octanol–water partition coefficient (Wildman–Crippen LogP) is 4.28. The number of benzene rings is 2. The number of rotatable bonds is 5. The Morgan fingerprint density at radius 1 is 1.06 bits per heavy atom. The topological polar surface area (TPSA) is 75.4 Å². The Kier molecular flexibility index (Phi) is 5.66. The molecule has 1 aliphatic rings. The number of hydrogen-bond donors (Lipinski definition) is 0. The van der Waals surface area contributed by atoms with Gasteiger partial charge in [0.05, 0.1) is 0 Å². The second kappa shape index (κ2) is 8.74. The van der Waals surface area contributed by atoms with E-state index in [0.717, 1.165) is 46.5 Å². The first kappa shape index (κ1) is 20.7. The Bertz CT molecular complexity index is 1280. The normalized spacial score (nSPS) is 14.4. The van der Waals surface area contributed by atoms with Gasteiger partial charge < -0.3 is 14.3 Å². The number of carbonyl (C=O) groups is 1. The van der Waals surface area contributed by atoms with E-state index < -0.39 is 0 Å². The number of amides is 1. The van der Waals surface area contributed by atoms with Crippen LogP contribution in [0, 0.1) is 0 Å². The van der Waals surface area contributed by atoms with Crippen LogP contribution in [0.3, 0.4) is 0 Å². The zero-order valence-corrected chi connectivity index (χ0v) is 18.7. The number of piperazine rings is 1. The molecule has 2 aromatic carbocycles. The fourth-order valence-corrected chi connectivity index (χ4v) is 4.40. The van der Waals surface area contributed by atoms with Gasteiger partial charge in [0, 0.05) is 38.2 Å². The van der Waals surface area contributed by atoms with Crippen LogP contribution in [0.5, 0.6) is 0 Å². The summed E-state index contributed by atoms with van der Waals surface area (Å²) in [6.07, 6.45) is 1.70. The first-order valence-corrected chi connectivity index (χ1v) is 11.5. The van der Waals surface area contributed by atoms with Gasteiger partial charge >= 0.3 is 0 Å². The number of nitrogens with zero attached hydrogens (tertiary/aromatic N) is 5. The van der Waals surface area contributed by atoms with Crippen molar-refractivity contribution >= 4 is 45.2 Å². The molecular formula is C24H24ClN5O2. The fraction of sp³-hybridized carbons (Fsp3) is 0.333. The van der Waals surface area contributed by atoms with Crippen molar-refractivity contribution in [3.63, 3.8) is 0 Å². The summed E-state index contributed by atoms with van der Waals surface area (Å²) < 4.78 is 5.70. The monoisotopic (exact) mass is 449 g/mol. The van der Waals surface area contributed by atoms with Crippen LogP contribution in [0.25, 0.3) is 33.1 Å². The van der Waals surface area contributed by atoms with Crippen molar-refractivity contribution in [2.75, 3.05) is 37.0 Å².